The molecule has 162 valence electrons. The molecule has 30 heavy (non-hydrogen) atoms. The number of nitrogens with one attached hydrogen (secondary N) is 1. The number of amides is 1. The first-order valence-corrected chi connectivity index (χ1v) is 9.26. The van der Waals surface area contributed by atoms with Crippen LogP contribution in [0.3, 0.4) is 0 Å². The van der Waals surface area contributed by atoms with Crippen molar-refractivity contribution in [1.82, 2.24) is 5.32 Å². The SMILES string of the molecule is CCOc1cccc(OCC(=O)NCc2ccc(C(F)(F)F)cc2)c1OC(=O)CC. The molecule has 0 fully saturated rings. The summed E-state index contributed by atoms with van der Waals surface area (Å²) in [5.74, 6) is -0.431. The van der Waals surface area contributed by atoms with E-state index >= 15 is 0 Å². The number of ether oxygens (including phenoxy) is 3. The van der Waals surface area contributed by atoms with Crippen LogP contribution < -0.4 is 19.5 Å². The average molecular weight is 425 g/mol. The first-order chi connectivity index (χ1) is 14.2. The summed E-state index contributed by atoms with van der Waals surface area (Å²) in [6.45, 7) is 3.41. The van der Waals surface area contributed by atoms with Gasteiger partial charge in [0, 0.05) is 13.0 Å². The molecule has 1 amide bonds. The lowest BCUT2D eigenvalue weighted by atomic mass is 10.1. The number of para-hydroxylation sites is 1. The van der Waals surface area contributed by atoms with E-state index in [1.54, 1.807) is 26.0 Å². The summed E-state index contributed by atoms with van der Waals surface area (Å²) in [6.07, 6.45) is -4.27. The minimum Gasteiger partial charge on any atom is -0.490 e. The van der Waals surface area contributed by atoms with Crippen molar-refractivity contribution in [2.75, 3.05) is 13.2 Å². The van der Waals surface area contributed by atoms with E-state index in [0.29, 0.717) is 17.9 Å². The van der Waals surface area contributed by atoms with E-state index in [2.05, 4.69) is 5.32 Å². The number of halogens is 3. The maximum Gasteiger partial charge on any atom is 0.416 e. The van der Waals surface area contributed by atoms with Gasteiger partial charge in [0.15, 0.2) is 18.1 Å². The maximum absolute atomic E-state index is 12.6. The van der Waals surface area contributed by atoms with Crippen molar-refractivity contribution in [3.8, 4) is 17.2 Å². The summed E-state index contributed by atoms with van der Waals surface area (Å²) >= 11 is 0. The molecule has 0 saturated heterocycles. The molecule has 0 aromatic heterocycles. The van der Waals surface area contributed by atoms with Crippen LogP contribution in [0, 0.1) is 0 Å². The second-order valence-electron chi connectivity index (χ2n) is 6.10. The first-order valence-electron chi connectivity index (χ1n) is 9.26. The fourth-order valence-electron chi connectivity index (χ4n) is 2.37. The topological polar surface area (TPSA) is 73.9 Å². The number of hydrogen-bond donors (Lipinski definition) is 1. The smallest absolute Gasteiger partial charge is 0.416 e. The van der Waals surface area contributed by atoms with Crippen molar-refractivity contribution >= 4 is 11.9 Å². The number of esters is 1. The molecule has 0 heterocycles. The largest absolute Gasteiger partial charge is 0.490 e. The Labute approximate surface area is 171 Å². The van der Waals surface area contributed by atoms with Crippen LogP contribution in [-0.4, -0.2) is 25.1 Å². The molecule has 0 bridgehead atoms. The van der Waals surface area contributed by atoms with Crippen LogP contribution in [0.1, 0.15) is 31.4 Å². The third-order valence-electron chi connectivity index (χ3n) is 3.88. The number of hydrogen-bond acceptors (Lipinski definition) is 5. The molecule has 0 aliphatic heterocycles. The van der Waals surface area contributed by atoms with Gasteiger partial charge < -0.3 is 19.5 Å². The highest BCUT2D eigenvalue weighted by atomic mass is 19.4. The van der Waals surface area contributed by atoms with E-state index < -0.39 is 23.6 Å². The Hall–Kier alpha value is -3.23. The molecule has 2 aromatic carbocycles. The molecule has 0 saturated carbocycles. The monoisotopic (exact) mass is 425 g/mol. The van der Waals surface area contributed by atoms with Crippen molar-refractivity contribution in [2.24, 2.45) is 0 Å². The predicted octanol–water partition coefficient (Wildman–Crippen LogP) is 4.11. The molecule has 0 unspecified atom stereocenters. The molecule has 0 radical (unpaired) electrons. The molecule has 9 heteroatoms. The normalized spacial score (nSPS) is 11.0. The fourth-order valence-corrected chi connectivity index (χ4v) is 2.37. The number of benzene rings is 2. The summed E-state index contributed by atoms with van der Waals surface area (Å²) < 4.78 is 53.9. The van der Waals surface area contributed by atoms with Crippen molar-refractivity contribution in [1.29, 1.82) is 0 Å². The zero-order valence-corrected chi connectivity index (χ0v) is 16.5. The summed E-state index contributed by atoms with van der Waals surface area (Å²) in [5.41, 5.74) is -0.253. The van der Waals surface area contributed by atoms with E-state index in [-0.39, 0.29) is 31.1 Å². The second-order valence-corrected chi connectivity index (χ2v) is 6.10. The quantitative estimate of drug-likeness (QED) is 0.483. The third-order valence-corrected chi connectivity index (χ3v) is 3.88. The lowest BCUT2D eigenvalue weighted by Crippen LogP contribution is -2.28. The molecular formula is C21H22F3NO5. The summed E-state index contributed by atoms with van der Waals surface area (Å²) in [7, 11) is 0. The van der Waals surface area contributed by atoms with Crippen LogP contribution in [0.4, 0.5) is 13.2 Å². The van der Waals surface area contributed by atoms with Crippen LogP contribution in [-0.2, 0) is 22.3 Å². The van der Waals surface area contributed by atoms with Gasteiger partial charge in [-0.1, -0.05) is 25.1 Å². The number of alkyl halides is 3. The van der Waals surface area contributed by atoms with Gasteiger partial charge in [0.25, 0.3) is 5.91 Å². The summed E-state index contributed by atoms with van der Waals surface area (Å²) in [4.78, 5) is 23.8. The molecule has 6 nitrogen and oxygen atoms in total. The van der Waals surface area contributed by atoms with E-state index in [4.69, 9.17) is 14.2 Å². The fraction of sp³-hybridized carbons (Fsp3) is 0.333. The zero-order valence-electron chi connectivity index (χ0n) is 16.5. The highest BCUT2D eigenvalue weighted by Gasteiger charge is 2.29. The van der Waals surface area contributed by atoms with E-state index in [1.165, 1.54) is 18.2 Å². The standard InChI is InChI=1S/C21H22F3NO5/c1-3-19(27)30-20-16(28-4-2)6-5-7-17(20)29-13-18(26)25-12-14-8-10-15(11-9-14)21(22,23)24/h5-11H,3-4,12-13H2,1-2H3,(H,25,26). The number of rotatable bonds is 9. The van der Waals surface area contributed by atoms with Crippen LogP contribution in [0.25, 0.3) is 0 Å². The van der Waals surface area contributed by atoms with Crippen LogP contribution in [0.15, 0.2) is 42.5 Å². The molecule has 0 aliphatic rings. The minimum atomic E-state index is -4.41. The first kappa shape index (κ1) is 23.1. The molecular weight excluding hydrogens is 403 g/mol. The maximum atomic E-state index is 12.6. The molecule has 0 spiro atoms. The molecule has 0 atom stereocenters. The van der Waals surface area contributed by atoms with Crippen LogP contribution in [0.2, 0.25) is 0 Å². The van der Waals surface area contributed by atoms with E-state index in [0.717, 1.165) is 12.1 Å². The lowest BCUT2D eigenvalue weighted by Gasteiger charge is -2.15. The Bertz CT molecular complexity index is 866. The van der Waals surface area contributed by atoms with Gasteiger partial charge in [0.2, 0.25) is 5.75 Å². The van der Waals surface area contributed by atoms with Gasteiger partial charge in [0.1, 0.15) is 0 Å². The summed E-state index contributed by atoms with van der Waals surface area (Å²) in [6, 6.07) is 9.25. The zero-order chi connectivity index (χ0) is 22.1. The van der Waals surface area contributed by atoms with E-state index in [1.807, 2.05) is 0 Å². The van der Waals surface area contributed by atoms with Gasteiger partial charge in [-0.05, 0) is 36.8 Å². The highest BCUT2D eigenvalue weighted by Crippen LogP contribution is 2.37. The Balaban J connectivity index is 1.97. The third kappa shape index (κ3) is 6.68. The van der Waals surface area contributed by atoms with Crippen molar-refractivity contribution in [3.05, 3.63) is 53.6 Å². The molecule has 1 N–H and O–H groups in total. The van der Waals surface area contributed by atoms with Gasteiger partial charge in [0.05, 0.1) is 12.2 Å². The Morgan fingerprint density at radius 2 is 1.60 bits per heavy atom. The molecule has 2 rings (SSSR count). The molecule has 0 aliphatic carbocycles. The number of carbonyl (C=O) groups excluding carboxylic acids is 2. The van der Waals surface area contributed by atoms with Gasteiger partial charge in [-0.25, -0.2) is 0 Å². The van der Waals surface area contributed by atoms with Crippen molar-refractivity contribution in [2.45, 2.75) is 33.0 Å². The van der Waals surface area contributed by atoms with Crippen molar-refractivity contribution < 1.29 is 37.0 Å². The lowest BCUT2D eigenvalue weighted by molar-refractivity contribution is -0.137. The minimum absolute atomic E-state index is 0.0387. The Morgan fingerprint density at radius 3 is 2.17 bits per heavy atom. The van der Waals surface area contributed by atoms with Crippen LogP contribution >= 0.6 is 0 Å². The second kappa shape index (κ2) is 10.5. The average Bonchev–Trinajstić information content (AvgIpc) is 2.72. The Kier molecular flexibility index (Phi) is 8.08. The van der Waals surface area contributed by atoms with Crippen LogP contribution in [0.5, 0.6) is 17.2 Å². The van der Waals surface area contributed by atoms with Gasteiger partial charge in [-0.15, -0.1) is 0 Å². The molecule has 2 aromatic rings. The van der Waals surface area contributed by atoms with E-state index in [9.17, 15) is 22.8 Å². The Morgan fingerprint density at radius 1 is 0.967 bits per heavy atom. The summed E-state index contributed by atoms with van der Waals surface area (Å²) in [5, 5.41) is 2.55. The van der Waals surface area contributed by atoms with Crippen molar-refractivity contribution in [3.63, 3.8) is 0 Å². The predicted molar refractivity (Wildman–Crippen MR) is 102 cm³/mol. The number of carbonyl (C=O) groups is 2. The van der Waals surface area contributed by atoms with Gasteiger partial charge in [-0.3, -0.25) is 9.59 Å². The van der Waals surface area contributed by atoms with Gasteiger partial charge >= 0.3 is 12.1 Å². The highest BCUT2D eigenvalue weighted by molar-refractivity contribution is 5.78. The van der Waals surface area contributed by atoms with Gasteiger partial charge in [-0.2, -0.15) is 13.2 Å².